The number of anilines is 2. The summed E-state index contributed by atoms with van der Waals surface area (Å²) in [5, 5.41) is 6.42. The lowest BCUT2D eigenvalue weighted by Crippen LogP contribution is -2.14. The summed E-state index contributed by atoms with van der Waals surface area (Å²) in [6, 6.07) is 1.90. The zero-order valence-corrected chi connectivity index (χ0v) is 11.0. The predicted octanol–water partition coefficient (Wildman–Crippen LogP) is 2.32. The van der Waals surface area contributed by atoms with Crippen molar-refractivity contribution in [3.05, 3.63) is 12.3 Å². The third-order valence-electron chi connectivity index (χ3n) is 2.07. The summed E-state index contributed by atoms with van der Waals surface area (Å²) in [6.45, 7) is 6.05. The van der Waals surface area contributed by atoms with Gasteiger partial charge in [-0.25, -0.2) is 4.98 Å². The minimum absolute atomic E-state index is 0.646. The molecule has 1 atom stereocenters. The average Bonchev–Trinajstić information content (AvgIpc) is 2.28. The smallest absolute Gasteiger partial charge is 0.224 e. The van der Waals surface area contributed by atoms with Crippen molar-refractivity contribution in [2.75, 3.05) is 35.7 Å². The van der Waals surface area contributed by atoms with Crippen LogP contribution < -0.4 is 10.6 Å². The van der Waals surface area contributed by atoms with Crippen LogP contribution in [0.5, 0.6) is 0 Å². The molecule has 16 heavy (non-hydrogen) atoms. The van der Waals surface area contributed by atoms with Crippen molar-refractivity contribution in [1.29, 1.82) is 0 Å². The third kappa shape index (κ3) is 4.70. The molecule has 0 fully saturated rings. The summed E-state index contributed by atoms with van der Waals surface area (Å²) in [4.78, 5) is 8.48. The molecule has 0 saturated heterocycles. The maximum Gasteiger partial charge on any atom is 0.224 e. The fraction of sp³-hybridized carbons (Fsp3) is 0.636. The Hall–Kier alpha value is -0.970. The Balaban J connectivity index is 2.44. The standard InChI is InChI=1S/C11H20N4S/c1-4-12-11-13-6-5-10(15-11)14-7-9(2)8-16-3/h5-6,9H,4,7-8H2,1-3H3,(H2,12,13,14,15). The van der Waals surface area contributed by atoms with Gasteiger partial charge in [-0.2, -0.15) is 16.7 Å². The van der Waals surface area contributed by atoms with E-state index in [1.54, 1.807) is 6.20 Å². The van der Waals surface area contributed by atoms with Gasteiger partial charge in [0.05, 0.1) is 0 Å². The minimum Gasteiger partial charge on any atom is -0.370 e. The van der Waals surface area contributed by atoms with Gasteiger partial charge in [0.25, 0.3) is 0 Å². The van der Waals surface area contributed by atoms with E-state index in [1.165, 1.54) is 0 Å². The van der Waals surface area contributed by atoms with Crippen molar-refractivity contribution in [1.82, 2.24) is 9.97 Å². The molecule has 1 aromatic heterocycles. The molecule has 1 rings (SSSR count). The van der Waals surface area contributed by atoms with Gasteiger partial charge in [-0.05, 0) is 30.9 Å². The summed E-state index contributed by atoms with van der Waals surface area (Å²) in [7, 11) is 0. The van der Waals surface area contributed by atoms with E-state index in [4.69, 9.17) is 0 Å². The quantitative estimate of drug-likeness (QED) is 0.766. The largest absolute Gasteiger partial charge is 0.370 e. The van der Waals surface area contributed by atoms with Gasteiger partial charge in [-0.3, -0.25) is 0 Å². The van der Waals surface area contributed by atoms with Gasteiger partial charge in [0.15, 0.2) is 0 Å². The number of hydrogen-bond donors (Lipinski definition) is 2. The number of nitrogens with zero attached hydrogens (tertiary/aromatic N) is 2. The lowest BCUT2D eigenvalue weighted by atomic mass is 10.2. The Morgan fingerprint density at radius 1 is 1.44 bits per heavy atom. The van der Waals surface area contributed by atoms with Gasteiger partial charge in [-0.1, -0.05) is 6.92 Å². The first-order valence-electron chi connectivity index (χ1n) is 5.56. The third-order valence-corrected chi connectivity index (χ3v) is 2.98. The van der Waals surface area contributed by atoms with Crippen molar-refractivity contribution in [3.63, 3.8) is 0 Å². The van der Waals surface area contributed by atoms with Crippen LogP contribution in [0.25, 0.3) is 0 Å². The topological polar surface area (TPSA) is 49.8 Å². The summed E-state index contributed by atoms with van der Waals surface area (Å²) in [6.07, 6.45) is 3.90. The molecule has 90 valence electrons. The van der Waals surface area contributed by atoms with Crippen LogP contribution in [0.4, 0.5) is 11.8 Å². The molecule has 0 spiro atoms. The highest BCUT2D eigenvalue weighted by molar-refractivity contribution is 7.98. The van der Waals surface area contributed by atoms with Crippen LogP contribution in [-0.4, -0.2) is 35.1 Å². The molecule has 0 amide bonds. The SMILES string of the molecule is CCNc1nccc(NCC(C)CSC)n1. The number of thioether (sulfide) groups is 1. The fourth-order valence-electron chi connectivity index (χ4n) is 1.32. The van der Waals surface area contributed by atoms with E-state index in [1.807, 2.05) is 24.8 Å². The molecule has 0 aromatic carbocycles. The molecule has 1 aromatic rings. The van der Waals surface area contributed by atoms with Crippen LogP contribution in [-0.2, 0) is 0 Å². The van der Waals surface area contributed by atoms with Crippen LogP contribution in [0, 0.1) is 5.92 Å². The van der Waals surface area contributed by atoms with E-state index in [-0.39, 0.29) is 0 Å². The number of hydrogen-bond acceptors (Lipinski definition) is 5. The van der Waals surface area contributed by atoms with Crippen LogP contribution in [0.2, 0.25) is 0 Å². The highest BCUT2D eigenvalue weighted by Gasteiger charge is 2.02. The maximum absolute atomic E-state index is 4.35. The van der Waals surface area contributed by atoms with Crippen LogP contribution in [0.15, 0.2) is 12.3 Å². The zero-order chi connectivity index (χ0) is 11.8. The van der Waals surface area contributed by atoms with Crippen LogP contribution >= 0.6 is 11.8 Å². The lowest BCUT2D eigenvalue weighted by Gasteiger charge is -2.12. The second-order valence-corrected chi connectivity index (χ2v) is 4.65. The molecular formula is C11H20N4S. The van der Waals surface area contributed by atoms with Gasteiger partial charge in [-0.15, -0.1) is 0 Å². The fourth-order valence-corrected chi connectivity index (χ4v) is 2.01. The van der Waals surface area contributed by atoms with E-state index in [2.05, 4.69) is 33.8 Å². The van der Waals surface area contributed by atoms with Crippen molar-refractivity contribution >= 4 is 23.5 Å². The first kappa shape index (κ1) is 13.1. The van der Waals surface area contributed by atoms with Gasteiger partial charge in [0, 0.05) is 19.3 Å². The minimum atomic E-state index is 0.646. The molecule has 5 heteroatoms. The number of aromatic nitrogens is 2. The zero-order valence-electron chi connectivity index (χ0n) is 10.2. The second-order valence-electron chi connectivity index (χ2n) is 3.74. The number of rotatable bonds is 7. The molecule has 0 bridgehead atoms. The summed E-state index contributed by atoms with van der Waals surface area (Å²) < 4.78 is 0. The summed E-state index contributed by atoms with van der Waals surface area (Å²) >= 11 is 1.87. The van der Waals surface area contributed by atoms with Gasteiger partial charge in [0.1, 0.15) is 5.82 Å². The van der Waals surface area contributed by atoms with Gasteiger partial charge < -0.3 is 10.6 Å². The van der Waals surface area contributed by atoms with Crippen molar-refractivity contribution in [2.45, 2.75) is 13.8 Å². The molecule has 2 N–H and O–H groups in total. The highest BCUT2D eigenvalue weighted by Crippen LogP contribution is 2.08. The first-order chi connectivity index (χ1) is 7.76. The summed E-state index contributed by atoms with van der Waals surface area (Å²) in [5.41, 5.74) is 0. The molecule has 1 heterocycles. The Bertz CT molecular complexity index is 306. The van der Waals surface area contributed by atoms with E-state index in [0.717, 1.165) is 24.7 Å². The van der Waals surface area contributed by atoms with Crippen molar-refractivity contribution in [3.8, 4) is 0 Å². The van der Waals surface area contributed by atoms with E-state index >= 15 is 0 Å². The lowest BCUT2D eigenvalue weighted by molar-refractivity contribution is 0.699. The summed E-state index contributed by atoms with van der Waals surface area (Å²) in [5.74, 6) is 3.38. The normalized spacial score (nSPS) is 12.2. The predicted molar refractivity (Wildman–Crippen MR) is 72.2 cm³/mol. The molecule has 0 radical (unpaired) electrons. The van der Waals surface area contributed by atoms with Crippen LogP contribution in [0.3, 0.4) is 0 Å². The molecule has 1 unspecified atom stereocenters. The monoisotopic (exact) mass is 240 g/mol. The molecular weight excluding hydrogens is 220 g/mol. The molecule has 0 aliphatic carbocycles. The number of nitrogens with one attached hydrogen (secondary N) is 2. The van der Waals surface area contributed by atoms with Crippen molar-refractivity contribution in [2.24, 2.45) is 5.92 Å². The molecule has 0 aliphatic rings. The Morgan fingerprint density at radius 2 is 2.25 bits per heavy atom. The molecule has 0 aliphatic heterocycles. The highest BCUT2D eigenvalue weighted by atomic mass is 32.2. The Labute approximate surface area is 102 Å². The Morgan fingerprint density at radius 3 is 2.94 bits per heavy atom. The molecule has 0 saturated carbocycles. The van der Waals surface area contributed by atoms with Gasteiger partial charge in [0.2, 0.25) is 5.95 Å². The second kappa shape index (κ2) is 7.33. The average molecular weight is 240 g/mol. The first-order valence-corrected chi connectivity index (χ1v) is 6.95. The van der Waals surface area contributed by atoms with E-state index < -0.39 is 0 Å². The van der Waals surface area contributed by atoms with Gasteiger partial charge >= 0.3 is 0 Å². The van der Waals surface area contributed by atoms with E-state index in [0.29, 0.717) is 11.9 Å². The van der Waals surface area contributed by atoms with Crippen LogP contribution in [0.1, 0.15) is 13.8 Å². The molecule has 4 nitrogen and oxygen atoms in total. The Kier molecular flexibility index (Phi) is 6.00. The van der Waals surface area contributed by atoms with E-state index in [9.17, 15) is 0 Å². The maximum atomic E-state index is 4.35. The van der Waals surface area contributed by atoms with Crippen molar-refractivity contribution < 1.29 is 0 Å².